The molecule has 6 nitrogen and oxygen atoms in total. The van der Waals surface area contributed by atoms with E-state index < -0.39 is 4.92 Å². The van der Waals surface area contributed by atoms with Gasteiger partial charge in [-0.15, -0.1) is 0 Å². The molecule has 0 saturated heterocycles. The molecule has 0 unspecified atom stereocenters. The van der Waals surface area contributed by atoms with Crippen LogP contribution in [0.3, 0.4) is 0 Å². The summed E-state index contributed by atoms with van der Waals surface area (Å²) < 4.78 is 5.13. The van der Waals surface area contributed by atoms with Crippen molar-refractivity contribution in [3.8, 4) is 5.75 Å². The van der Waals surface area contributed by atoms with Gasteiger partial charge in [-0.1, -0.05) is 23.2 Å². The van der Waals surface area contributed by atoms with Crippen LogP contribution in [-0.2, 0) is 0 Å². The third-order valence-corrected chi connectivity index (χ3v) is 3.59. The van der Waals surface area contributed by atoms with Gasteiger partial charge in [-0.3, -0.25) is 10.1 Å². The maximum Gasteiger partial charge on any atom is 0.273 e. The molecule has 0 saturated carbocycles. The maximum atomic E-state index is 10.8. The summed E-state index contributed by atoms with van der Waals surface area (Å²) in [6.45, 7) is 0. The first-order valence-electron chi connectivity index (χ1n) is 6.26. The standard InChI is InChI=1S/C14H11Cl2N3O3S/c1-22-13-7-9(19(20)21)3-5-11(13)17-14(23)18-12-6-8(15)2-4-10(12)16/h2-7H,1H3,(H2,17,18,23). The molecule has 0 radical (unpaired) electrons. The summed E-state index contributed by atoms with van der Waals surface area (Å²) in [5, 5.41) is 17.8. The fourth-order valence-electron chi connectivity index (χ4n) is 1.77. The molecule has 0 aliphatic rings. The molecule has 0 amide bonds. The number of ether oxygens (including phenoxy) is 1. The van der Waals surface area contributed by atoms with E-state index in [4.69, 9.17) is 40.2 Å². The lowest BCUT2D eigenvalue weighted by atomic mass is 10.2. The minimum absolute atomic E-state index is 0.0795. The average Bonchev–Trinajstić information content (AvgIpc) is 2.51. The van der Waals surface area contributed by atoms with Gasteiger partial charge in [-0.25, -0.2) is 0 Å². The molecule has 0 fully saturated rings. The largest absolute Gasteiger partial charge is 0.494 e. The molecule has 2 aromatic carbocycles. The van der Waals surface area contributed by atoms with E-state index in [0.717, 1.165) is 0 Å². The quantitative estimate of drug-likeness (QED) is 0.460. The molecule has 0 aliphatic carbocycles. The average molecular weight is 372 g/mol. The van der Waals surface area contributed by atoms with Crippen LogP contribution in [0.15, 0.2) is 36.4 Å². The number of hydrogen-bond acceptors (Lipinski definition) is 4. The summed E-state index contributed by atoms with van der Waals surface area (Å²) in [5.74, 6) is 0.292. The second kappa shape index (κ2) is 7.45. The van der Waals surface area contributed by atoms with Gasteiger partial charge in [-0.05, 0) is 36.5 Å². The summed E-state index contributed by atoms with van der Waals surface area (Å²) >= 11 is 17.2. The van der Waals surface area contributed by atoms with Gasteiger partial charge in [0, 0.05) is 11.1 Å². The monoisotopic (exact) mass is 371 g/mol. The van der Waals surface area contributed by atoms with Crippen molar-refractivity contribution in [3.05, 3.63) is 56.6 Å². The SMILES string of the molecule is COc1cc([N+](=O)[O-])ccc1NC(=S)Nc1cc(Cl)ccc1Cl. The highest BCUT2D eigenvalue weighted by Crippen LogP contribution is 2.30. The lowest BCUT2D eigenvalue weighted by Gasteiger charge is -2.14. The van der Waals surface area contributed by atoms with Crippen molar-refractivity contribution in [2.75, 3.05) is 17.7 Å². The number of nitro benzene ring substituents is 1. The molecule has 120 valence electrons. The van der Waals surface area contributed by atoms with Gasteiger partial charge in [0.1, 0.15) is 5.75 Å². The van der Waals surface area contributed by atoms with Gasteiger partial charge >= 0.3 is 0 Å². The summed E-state index contributed by atoms with van der Waals surface area (Å²) in [6, 6.07) is 9.08. The second-order valence-electron chi connectivity index (χ2n) is 4.34. The van der Waals surface area contributed by atoms with Crippen molar-refractivity contribution in [2.45, 2.75) is 0 Å². The first kappa shape index (κ1) is 17.3. The Morgan fingerprint density at radius 1 is 1.17 bits per heavy atom. The highest BCUT2D eigenvalue weighted by atomic mass is 35.5. The van der Waals surface area contributed by atoms with Crippen molar-refractivity contribution in [1.82, 2.24) is 0 Å². The van der Waals surface area contributed by atoms with E-state index >= 15 is 0 Å². The first-order chi connectivity index (χ1) is 10.9. The van der Waals surface area contributed by atoms with Gasteiger partial charge in [0.05, 0.1) is 34.5 Å². The van der Waals surface area contributed by atoms with Gasteiger partial charge in [0.25, 0.3) is 5.69 Å². The van der Waals surface area contributed by atoms with Crippen LogP contribution in [-0.4, -0.2) is 17.1 Å². The van der Waals surface area contributed by atoms with Crippen molar-refractivity contribution in [2.24, 2.45) is 0 Å². The normalized spacial score (nSPS) is 10.0. The number of halogens is 2. The first-order valence-corrected chi connectivity index (χ1v) is 7.42. The fourth-order valence-corrected chi connectivity index (χ4v) is 2.32. The maximum absolute atomic E-state index is 10.8. The fraction of sp³-hybridized carbons (Fsp3) is 0.0714. The Balaban J connectivity index is 2.17. The summed E-state index contributed by atoms with van der Waals surface area (Å²) in [6.07, 6.45) is 0. The van der Waals surface area contributed by atoms with E-state index in [1.54, 1.807) is 18.2 Å². The molecular formula is C14H11Cl2N3O3S. The van der Waals surface area contributed by atoms with Crippen LogP contribution in [0.5, 0.6) is 5.75 Å². The summed E-state index contributed by atoms with van der Waals surface area (Å²) in [4.78, 5) is 10.3. The molecule has 0 aromatic heterocycles. The van der Waals surface area contributed by atoms with E-state index in [2.05, 4.69) is 10.6 Å². The van der Waals surface area contributed by atoms with Crippen LogP contribution in [0.1, 0.15) is 0 Å². The zero-order valence-electron chi connectivity index (χ0n) is 11.8. The van der Waals surface area contributed by atoms with Crippen LogP contribution in [0.25, 0.3) is 0 Å². The zero-order chi connectivity index (χ0) is 17.0. The van der Waals surface area contributed by atoms with Crippen molar-refractivity contribution in [3.63, 3.8) is 0 Å². The lowest BCUT2D eigenvalue weighted by molar-refractivity contribution is -0.384. The minimum atomic E-state index is -0.505. The number of methoxy groups -OCH3 is 1. The van der Waals surface area contributed by atoms with E-state index in [1.165, 1.54) is 25.3 Å². The highest BCUT2D eigenvalue weighted by molar-refractivity contribution is 7.80. The third kappa shape index (κ3) is 4.44. The lowest BCUT2D eigenvalue weighted by Crippen LogP contribution is -2.19. The predicted molar refractivity (Wildman–Crippen MR) is 96.0 cm³/mol. The highest BCUT2D eigenvalue weighted by Gasteiger charge is 2.12. The van der Waals surface area contributed by atoms with E-state index in [1.807, 2.05) is 0 Å². The van der Waals surface area contributed by atoms with Crippen LogP contribution >= 0.6 is 35.4 Å². The summed E-state index contributed by atoms with van der Waals surface area (Å²) in [5.41, 5.74) is 0.940. The molecular weight excluding hydrogens is 361 g/mol. The number of anilines is 2. The predicted octanol–water partition coefficient (Wildman–Crippen LogP) is 4.72. The topological polar surface area (TPSA) is 76.4 Å². The molecule has 2 rings (SSSR count). The summed E-state index contributed by atoms with van der Waals surface area (Å²) in [7, 11) is 1.41. The van der Waals surface area contributed by atoms with Gasteiger partial charge < -0.3 is 15.4 Å². The number of thiocarbonyl (C=S) groups is 1. The smallest absolute Gasteiger partial charge is 0.273 e. The van der Waals surface area contributed by atoms with Crippen LogP contribution < -0.4 is 15.4 Å². The zero-order valence-corrected chi connectivity index (χ0v) is 14.1. The Kier molecular flexibility index (Phi) is 5.59. The Hall–Kier alpha value is -2.09. The Labute approximate surface area is 147 Å². The van der Waals surface area contributed by atoms with Gasteiger partial charge in [-0.2, -0.15) is 0 Å². The molecule has 9 heteroatoms. The molecule has 0 spiro atoms. The Morgan fingerprint density at radius 3 is 2.52 bits per heavy atom. The third-order valence-electron chi connectivity index (χ3n) is 2.82. The number of rotatable bonds is 4. The van der Waals surface area contributed by atoms with E-state index in [-0.39, 0.29) is 10.8 Å². The van der Waals surface area contributed by atoms with E-state index in [9.17, 15) is 10.1 Å². The molecule has 0 heterocycles. The van der Waals surface area contributed by atoms with E-state index in [0.29, 0.717) is 27.2 Å². The number of nitrogens with one attached hydrogen (secondary N) is 2. The van der Waals surface area contributed by atoms with Crippen molar-refractivity contribution >= 4 is 57.6 Å². The number of benzene rings is 2. The van der Waals surface area contributed by atoms with Crippen LogP contribution in [0.4, 0.5) is 17.1 Å². The molecule has 2 aromatic rings. The molecule has 23 heavy (non-hydrogen) atoms. The van der Waals surface area contributed by atoms with Gasteiger partial charge in [0.15, 0.2) is 5.11 Å². The number of nitro groups is 1. The minimum Gasteiger partial charge on any atom is -0.494 e. The molecule has 0 aliphatic heterocycles. The van der Waals surface area contributed by atoms with Gasteiger partial charge in [0.2, 0.25) is 0 Å². The molecule has 0 atom stereocenters. The van der Waals surface area contributed by atoms with Crippen LogP contribution in [0.2, 0.25) is 10.0 Å². The second-order valence-corrected chi connectivity index (χ2v) is 5.60. The number of non-ortho nitro benzene ring substituents is 1. The Morgan fingerprint density at radius 2 is 1.87 bits per heavy atom. The molecule has 2 N–H and O–H groups in total. The van der Waals surface area contributed by atoms with Crippen molar-refractivity contribution in [1.29, 1.82) is 0 Å². The van der Waals surface area contributed by atoms with Crippen LogP contribution in [0, 0.1) is 10.1 Å². The van der Waals surface area contributed by atoms with Crippen molar-refractivity contribution < 1.29 is 9.66 Å². The number of hydrogen-bond donors (Lipinski definition) is 2. The Bertz CT molecular complexity index is 771. The number of nitrogens with zero attached hydrogens (tertiary/aromatic N) is 1. The molecule has 0 bridgehead atoms.